The average Bonchev–Trinajstić information content (AvgIpc) is 3.09. The summed E-state index contributed by atoms with van der Waals surface area (Å²) in [4.78, 5) is 12.6. The molecule has 1 amide bonds. The Labute approximate surface area is 165 Å². The lowest BCUT2D eigenvalue weighted by molar-refractivity contribution is -0.120. The molecule has 26 heavy (non-hydrogen) atoms. The molecule has 1 aromatic rings. The number of rotatable bonds is 10. The van der Waals surface area contributed by atoms with Crippen molar-refractivity contribution < 1.29 is 17.9 Å². The third kappa shape index (κ3) is 7.13. The van der Waals surface area contributed by atoms with Crippen LogP contribution in [0.1, 0.15) is 24.1 Å². The van der Waals surface area contributed by atoms with E-state index in [-0.39, 0.29) is 24.9 Å². The van der Waals surface area contributed by atoms with Gasteiger partial charge in [-0.25, -0.2) is 8.42 Å². The summed E-state index contributed by atoms with van der Waals surface area (Å²) in [6.07, 6.45) is 3.59. The standard InChI is InChI=1S/C16H27N3O4S2.ClH/c1-23-12-9-17-13-15(20)18-8-7-14-5-6-16(24-14)25(21,22)19-10-3-2-4-11-19;/h5-6,17H,2-4,7-13H2,1H3,(H,18,20);1H. The number of methoxy groups -OCH3 is 1. The Morgan fingerprint density at radius 3 is 2.65 bits per heavy atom. The van der Waals surface area contributed by atoms with Crippen LogP contribution in [0, 0.1) is 0 Å². The molecule has 150 valence electrons. The number of hydrogen-bond acceptors (Lipinski definition) is 6. The van der Waals surface area contributed by atoms with Gasteiger partial charge in [0.1, 0.15) is 4.21 Å². The van der Waals surface area contributed by atoms with Crippen molar-refractivity contribution in [3.8, 4) is 0 Å². The van der Waals surface area contributed by atoms with Crippen LogP contribution in [0.4, 0.5) is 0 Å². The first-order valence-corrected chi connectivity index (χ1v) is 10.8. The molecule has 0 aromatic carbocycles. The minimum Gasteiger partial charge on any atom is -0.383 e. The lowest BCUT2D eigenvalue weighted by Crippen LogP contribution is -2.36. The number of halogens is 1. The van der Waals surface area contributed by atoms with Gasteiger partial charge < -0.3 is 15.4 Å². The number of carbonyl (C=O) groups is 1. The van der Waals surface area contributed by atoms with Crippen LogP contribution in [0.25, 0.3) is 0 Å². The topological polar surface area (TPSA) is 87.7 Å². The summed E-state index contributed by atoms with van der Waals surface area (Å²) in [6, 6.07) is 3.52. The van der Waals surface area contributed by atoms with Gasteiger partial charge in [0.15, 0.2) is 0 Å². The van der Waals surface area contributed by atoms with Crippen LogP contribution < -0.4 is 10.6 Å². The molecule has 10 heteroatoms. The third-order valence-electron chi connectivity index (χ3n) is 4.01. The van der Waals surface area contributed by atoms with Crippen molar-refractivity contribution in [1.29, 1.82) is 0 Å². The van der Waals surface area contributed by atoms with Gasteiger partial charge in [0.05, 0.1) is 13.2 Å². The number of ether oxygens (including phenoxy) is 1. The van der Waals surface area contributed by atoms with Gasteiger partial charge in [0, 0.05) is 38.2 Å². The molecule has 1 aromatic heterocycles. The van der Waals surface area contributed by atoms with E-state index in [0.717, 1.165) is 24.1 Å². The van der Waals surface area contributed by atoms with E-state index in [1.54, 1.807) is 17.5 Å². The van der Waals surface area contributed by atoms with Crippen LogP contribution in [-0.2, 0) is 26.0 Å². The molecule has 0 spiro atoms. The molecule has 0 atom stereocenters. The van der Waals surface area contributed by atoms with E-state index in [1.165, 1.54) is 11.3 Å². The smallest absolute Gasteiger partial charge is 0.252 e. The van der Waals surface area contributed by atoms with Crippen molar-refractivity contribution in [2.24, 2.45) is 0 Å². The molecule has 7 nitrogen and oxygen atoms in total. The molecule has 0 unspecified atom stereocenters. The minimum absolute atomic E-state index is 0. The Hall–Kier alpha value is -0.710. The van der Waals surface area contributed by atoms with Crippen molar-refractivity contribution in [1.82, 2.24) is 14.9 Å². The van der Waals surface area contributed by atoms with E-state index in [4.69, 9.17) is 4.74 Å². The van der Waals surface area contributed by atoms with Crippen molar-refractivity contribution in [3.05, 3.63) is 17.0 Å². The summed E-state index contributed by atoms with van der Waals surface area (Å²) in [6.45, 7) is 3.17. The van der Waals surface area contributed by atoms with Crippen LogP contribution in [-0.4, -0.2) is 65.1 Å². The van der Waals surface area contributed by atoms with Crippen molar-refractivity contribution in [2.45, 2.75) is 29.9 Å². The summed E-state index contributed by atoms with van der Waals surface area (Å²) in [5.41, 5.74) is 0. The summed E-state index contributed by atoms with van der Waals surface area (Å²) in [7, 11) is -1.74. The first-order valence-electron chi connectivity index (χ1n) is 8.59. The highest BCUT2D eigenvalue weighted by atomic mass is 35.5. The normalized spacial score (nSPS) is 15.4. The van der Waals surface area contributed by atoms with Gasteiger partial charge in [-0.15, -0.1) is 23.7 Å². The summed E-state index contributed by atoms with van der Waals surface area (Å²) < 4.78 is 32.1. The molecule has 0 radical (unpaired) electrons. The van der Waals surface area contributed by atoms with Crippen molar-refractivity contribution in [3.63, 3.8) is 0 Å². The molecule has 0 bridgehead atoms. The Kier molecular flexibility index (Phi) is 10.7. The van der Waals surface area contributed by atoms with Gasteiger partial charge in [-0.3, -0.25) is 4.79 Å². The number of hydrogen-bond donors (Lipinski definition) is 2. The fraction of sp³-hybridized carbons (Fsp3) is 0.688. The van der Waals surface area contributed by atoms with Crippen LogP contribution in [0.2, 0.25) is 0 Å². The molecular weight excluding hydrogens is 398 g/mol. The minimum atomic E-state index is -3.36. The van der Waals surface area contributed by atoms with Crippen molar-refractivity contribution >= 4 is 39.7 Å². The number of amides is 1. The number of thiophene rings is 1. The molecule has 1 aliphatic heterocycles. The van der Waals surface area contributed by atoms with Crippen molar-refractivity contribution in [2.75, 3.05) is 46.4 Å². The molecule has 1 fully saturated rings. The van der Waals surface area contributed by atoms with Gasteiger partial charge >= 0.3 is 0 Å². The first kappa shape index (κ1) is 23.3. The number of piperidine rings is 1. The van der Waals surface area contributed by atoms with E-state index in [1.807, 2.05) is 6.07 Å². The van der Waals surface area contributed by atoms with E-state index in [9.17, 15) is 13.2 Å². The Morgan fingerprint density at radius 1 is 1.23 bits per heavy atom. The maximum Gasteiger partial charge on any atom is 0.252 e. The molecule has 0 saturated carbocycles. The second-order valence-corrected chi connectivity index (χ2v) is 9.29. The number of sulfonamides is 1. The zero-order valence-corrected chi connectivity index (χ0v) is 17.5. The maximum absolute atomic E-state index is 12.6. The zero-order chi connectivity index (χ0) is 18.1. The largest absolute Gasteiger partial charge is 0.383 e. The lowest BCUT2D eigenvalue weighted by atomic mass is 10.2. The molecular formula is C16H28ClN3O4S2. The monoisotopic (exact) mass is 425 g/mol. The van der Waals surface area contributed by atoms with E-state index >= 15 is 0 Å². The molecule has 2 rings (SSSR count). The summed E-state index contributed by atoms with van der Waals surface area (Å²) in [5.74, 6) is -0.0752. The fourth-order valence-corrected chi connectivity index (χ4v) is 5.65. The maximum atomic E-state index is 12.6. The summed E-state index contributed by atoms with van der Waals surface area (Å²) >= 11 is 1.30. The van der Waals surface area contributed by atoms with Crippen LogP contribution >= 0.6 is 23.7 Å². The number of nitrogens with zero attached hydrogens (tertiary/aromatic N) is 1. The summed E-state index contributed by atoms with van der Waals surface area (Å²) in [5, 5.41) is 5.80. The number of carbonyl (C=O) groups excluding carboxylic acids is 1. The van der Waals surface area contributed by atoms with E-state index in [2.05, 4.69) is 10.6 Å². The lowest BCUT2D eigenvalue weighted by Gasteiger charge is -2.25. The highest BCUT2D eigenvalue weighted by Gasteiger charge is 2.27. The quantitative estimate of drug-likeness (QED) is 0.550. The van der Waals surface area contributed by atoms with E-state index in [0.29, 0.717) is 43.4 Å². The van der Waals surface area contributed by atoms with E-state index < -0.39 is 10.0 Å². The molecule has 2 N–H and O–H groups in total. The molecule has 2 heterocycles. The van der Waals surface area contributed by atoms with Gasteiger partial charge in [-0.05, 0) is 31.4 Å². The highest BCUT2D eigenvalue weighted by molar-refractivity contribution is 7.91. The van der Waals surface area contributed by atoms with Gasteiger partial charge in [-0.1, -0.05) is 6.42 Å². The Bertz CT molecular complexity index is 646. The highest BCUT2D eigenvalue weighted by Crippen LogP contribution is 2.27. The van der Waals surface area contributed by atoms with Gasteiger partial charge in [0.2, 0.25) is 5.91 Å². The molecule has 1 saturated heterocycles. The second kappa shape index (κ2) is 11.9. The van der Waals surface area contributed by atoms with Crippen LogP contribution in [0.15, 0.2) is 16.3 Å². The molecule has 0 aliphatic carbocycles. The first-order chi connectivity index (χ1) is 12.0. The third-order valence-corrected chi connectivity index (χ3v) is 7.52. The molecule has 1 aliphatic rings. The van der Waals surface area contributed by atoms with Crippen LogP contribution in [0.3, 0.4) is 0 Å². The van der Waals surface area contributed by atoms with Gasteiger partial charge in [0.25, 0.3) is 10.0 Å². The average molecular weight is 426 g/mol. The predicted molar refractivity (Wildman–Crippen MR) is 106 cm³/mol. The van der Waals surface area contributed by atoms with Gasteiger partial charge in [-0.2, -0.15) is 4.31 Å². The Morgan fingerprint density at radius 2 is 1.96 bits per heavy atom. The fourth-order valence-electron chi connectivity index (χ4n) is 2.63. The second-order valence-electron chi connectivity index (χ2n) is 5.96. The van der Waals surface area contributed by atoms with Crippen LogP contribution in [0.5, 0.6) is 0 Å². The SMILES string of the molecule is COCCNCC(=O)NCCc1ccc(S(=O)(=O)N2CCCCC2)s1.Cl. The Balaban J connectivity index is 0.00000338. The zero-order valence-electron chi connectivity index (χ0n) is 15.0. The predicted octanol–water partition coefficient (Wildman–Crippen LogP) is 1.24. The number of nitrogens with one attached hydrogen (secondary N) is 2.